The summed E-state index contributed by atoms with van der Waals surface area (Å²) in [6.45, 7) is 0. The van der Waals surface area contributed by atoms with Crippen LogP contribution in [0.15, 0.2) is 66.0 Å². The molecule has 0 amide bonds. The van der Waals surface area contributed by atoms with Crippen molar-refractivity contribution in [1.82, 2.24) is 14.6 Å². The molecule has 0 N–H and O–H groups in total. The molecule has 27 heavy (non-hydrogen) atoms. The lowest BCUT2D eigenvalue weighted by Crippen LogP contribution is -1.92. The molecule has 2 heterocycles. The monoisotopic (exact) mass is 399 g/mol. The Balaban J connectivity index is 1.64. The fourth-order valence-electron chi connectivity index (χ4n) is 2.72. The van der Waals surface area contributed by atoms with Gasteiger partial charge in [-0.1, -0.05) is 41.6 Å². The van der Waals surface area contributed by atoms with Crippen LogP contribution in [0.2, 0.25) is 5.02 Å². The van der Waals surface area contributed by atoms with E-state index in [-0.39, 0.29) is 5.82 Å². The molecule has 4 aromatic rings. The number of hydrogen-bond donors (Lipinski definition) is 0. The number of thioether (sulfide) groups is 1. The van der Waals surface area contributed by atoms with Crippen LogP contribution >= 0.6 is 23.4 Å². The largest absolute Gasteiger partial charge is 0.497 e. The lowest BCUT2D eigenvalue weighted by Gasteiger charge is -2.05. The summed E-state index contributed by atoms with van der Waals surface area (Å²) in [5.41, 5.74) is 3.57. The molecule has 0 aliphatic heterocycles. The predicted molar refractivity (Wildman–Crippen MR) is 106 cm³/mol. The van der Waals surface area contributed by atoms with Gasteiger partial charge in [-0.05, 0) is 35.9 Å². The first-order valence-electron chi connectivity index (χ1n) is 8.19. The van der Waals surface area contributed by atoms with Crippen LogP contribution in [0.4, 0.5) is 4.39 Å². The molecule has 4 rings (SSSR count). The van der Waals surface area contributed by atoms with Crippen molar-refractivity contribution in [3.05, 3.63) is 77.3 Å². The molecule has 0 saturated heterocycles. The lowest BCUT2D eigenvalue weighted by molar-refractivity contribution is 0.415. The van der Waals surface area contributed by atoms with Crippen molar-refractivity contribution in [1.29, 1.82) is 0 Å². The molecule has 2 aromatic heterocycles. The number of rotatable bonds is 5. The second-order valence-electron chi connectivity index (χ2n) is 5.85. The van der Waals surface area contributed by atoms with E-state index in [1.807, 2.05) is 36.5 Å². The first-order chi connectivity index (χ1) is 13.1. The SMILES string of the molecule is COc1cccc(-c2cc3c(SCc4ccc(F)cc4Cl)nccn3n2)c1. The topological polar surface area (TPSA) is 39.4 Å². The van der Waals surface area contributed by atoms with Crippen LogP contribution in [-0.4, -0.2) is 21.7 Å². The zero-order chi connectivity index (χ0) is 18.8. The molecule has 0 aliphatic rings. The molecule has 0 radical (unpaired) electrons. The van der Waals surface area contributed by atoms with E-state index < -0.39 is 0 Å². The minimum atomic E-state index is -0.340. The minimum absolute atomic E-state index is 0.340. The summed E-state index contributed by atoms with van der Waals surface area (Å²) < 4.78 is 20.3. The average molecular weight is 400 g/mol. The highest BCUT2D eigenvalue weighted by molar-refractivity contribution is 7.98. The molecule has 4 nitrogen and oxygen atoms in total. The molecule has 0 unspecified atom stereocenters. The van der Waals surface area contributed by atoms with Gasteiger partial charge < -0.3 is 4.74 Å². The number of ether oxygens (including phenoxy) is 1. The smallest absolute Gasteiger partial charge is 0.124 e. The van der Waals surface area contributed by atoms with Crippen molar-refractivity contribution in [3.63, 3.8) is 0 Å². The molecule has 0 bridgehead atoms. The maximum atomic E-state index is 13.2. The fourth-order valence-corrected chi connectivity index (χ4v) is 4.01. The van der Waals surface area contributed by atoms with E-state index in [1.165, 1.54) is 23.9 Å². The maximum absolute atomic E-state index is 13.2. The van der Waals surface area contributed by atoms with Gasteiger partial charge in [-0.3, -0.25) is 0 Å². The number of methoxy groups -OCH3 is 1. The third-order valence-electron chi connectivity index (χ3n) is 4.10. The van der Waals surface area contributed by atoms with Gasteiger partial charge >= 0.3 is 0 Å². The molecule has 0 saturated carbocycles. The Hall–Kier alpha value is -2.57. The fraction of sp³-hybridized carbons (Fsp3) is 0.100. The molecule has 2 aromatic carbocycles. The summed E-state index contributed by atoms with van der Waals surface area (Å²) >= 11 is 7.66. The van der Waals surface area contributed by atoms with Crippen molar-refractivity contribution < 1.29 is 9.13 Å². The van der Waals surface area contributed by atoms with Crippen LogP contribution in [-0.2, 0) is 5.75 Å². The van der Waals surface area contributed by atoms with Gasteiger partial charge in [0, 0.05) is 28.7 Å². The zero-order valence-corrected chi connectivity index (χ0v) is 16.0. The third-order valence-corrected chi connectivity index (χ3v) is 5.49. The molecular weight excluding hydrogens is 385 g/mol. The first kappa shape index (κ1) is 17.8. The van der Waals surface area contributed by atoms with E-state index >= 15 is 0 Å². The molecular formula is C20H15ClFN3OS. The van der Waals surface area contributed by atoms with Crippen LogP contribution in [0, 0.1) is 5.82 Å². The molecule has 0 atom stereocenters. The van der Waals surface area contributed by atoms with E-state index in [4.69, 9.17) is 16.3 Å². The van der Waals surface area contributed by atoms with Gasteiger partial charge in [-0.2, -0.15) is 5.10 Å². The first-order valence-corrected chi connectivity index (χ1v) is 9.56. The van der Waals surface area contributed by atoms with Crippen LogP contribution in [0.25, 0.3) is 16.8 Å². The number of nitrogens with zero attached hydrogens (tertiary/aromatic N) is 3. The van der Waals surface area contributed by atoms with Gasteiger partial charge in [-0.25, -0.2) is 13.9 Å². The summed E-state index contributed by atoms with van der Waals surface area (Å²) in [6.07, 6.45) is 3.53. The summed E-state index contributed by atoms with van der Waals surface area (Å²) in [6, 6.07) is 14.2. The number of aromatic nitrogens is 3. The third kappa shape index (κ3) is 3.77. The van der Waals surface area contributed by atoms with E-state index in [2.05, 4.69) is 10.1 Å². The second-order valence-corrected chi connectivity index (χ2v) is 7.22. The maximum Gasteiger partial charge on any atom is 0.124 e. The zero-order valence-electron chi connectivity index (χ0n) is 14.4. The summed E-state index contributed by atoms with van der Waals surface area (Å²) in [5.74, 6) is 1.03. The molecule has 0 aliphatic carbocycles. The summed E-state index contributed by atoms with van der Waals surface area (Å²) in [4.78, 5) is 4.47. The van der Waals surface area contributed by atoms with E-state index in [1.54, 1.807) is 23.9 Å². The summed E-state index contributed by atoms with van der Waals surface area (Å²) in [7, 11) is 1.64. The van der Waals surface area contributed by atoms with Crippen LogP contribution in [0.1, 0.15) is 5.56 Å². The Labute approximate surface area is 165 Å². The Bertz CT molecular complexity index is 1120. The van der Waals surface area contributed by atoms with Crippen LogP contribution in [0.5, 0.6) is 5.75 Å². The van der Waals surface area contributed by atoms with Crippen molar-refractivity contribution in [3.8, 4) is 17.0 Å². The number of halogens is 2. The van der Waals surface area contributed by atoms with Crippen molar-refractivity contribution in [2.45, 2.75) is 10.8 Å². The highest BCUT2D eigenvalue weighted by Crippen LogP contribution is 2.31. The highest BCUT2D eigenvalue weighted by atomic mass is 35.5. The van der Waals surface area contributed by atoms with Gasteiger partial charge in [0.2, 0.25) is 0 Å². The predicted octanol–water partition coefficient (Wildman–Crippen LogP) is 5.49. The van der Waals surface area contributed by atoms with Crippen molar-refractivity contribution in [2.75, 3.05) is 7.11 Å². The molecule has 136 valence electrons. The van der Waals surface area contributed by atoms with E-state index in [9.17, 15) is 4.39 Å². The van der Waals surface area contributed by atoms with Crippen molar-refractivity contribution >= 4 is 28.9 Å². The normalized spacial score (nSPS) is 11.1. The molecule has 0 spiro atoms. The van der Waals surface area contributed by atoms with Gasteiger partial charge in [0.15, 0.2) is 0 Å². The van der Waals surface area contributed by atoms with Gasteiger partial charge in [0.1, 0.15) is 16.6 Å². The number of fused-ring (bicyclic) bond motifs is 1. The quantitative estimate of drug-likeness (QED) is 0.416. The van der Waals surface area contributed by atoms with E-state index in [0.29, 0.717) is 10.8 Å². The Morgan fingerprint density at radius 3 is 2.89 bits per heavy atom. The Kier molecular flexibility index (Phi) is 5.01. The van der Waals surface area contributed by atoms with Gasteiger partial charge in [0.05, 0.1) is 18.3 Å². The van der Waals surface area contributed by atoms with Gasteiger partial charge in [-0.15, -0.1) is 0 Å². The standard InChI is InChI=1S/C20H15ClFN3OS/c1-26-16-4-2-3-13(9-16)18-11-19-20(23-7-8-25(19)24-18)27-12-14-5-6-15(22)10-17(14)21/h2-11H,12H2,1H3. The highest BCUT2D eigenvalue weighted by Gasteiger charge is 2.11. The average Bonchev–Trinajstić information content (AvgIpc) is 3.12. The molecule has 0 fully saturated rings. The second kappa shape index (κ2) is 7.58. The Morgan fingerprint density at radius 2 is 2.07 bits per heavy atom. The molecule has 7 heteroatoms. The van der Waals surface area contributed by atoms with Gasteiger partial charge in [0.25, 0.3) is 0 Å². The van der Waals surface area contributed by atoms with Crippen molar-refractivity contribution in [2.24, 2.45) is 0 Å². The Morgan fingerprint density at radius 1 is 1.19 bits per heavy atom. The lowest BCUT2D eigenvalue weighted by atomic mass is 10.1. The van der Waals surface area contributed by atoms with Crippen LogP contribution in [0.3, 0.4) is 0 Å². The van der Waals surface area contributed by atoms with E-state index in [0.717, 1.165) is 33.1 Å². The number of benzene rings is 2. The number of hydrogen-bond acceptors (Lipinski definition) is 4. The summed E-state index contributed by atoms with van der Waals surface area (Å²) in [5, 5.41) is 5.88. The van der Waals surface area contributed by atoms with Crippen LogP contribution < -0.4 is 4.74 Å². The minimum Gasteiger partial charge on any atom is -0.497 e.